The molecule has 1 N–H and O–H groups in total. The van der Waals surface area contributed by atoms with E-state index in [1.54, 1.807) is 0 Å². The van der Waals surface area contributed by atoms with E-state index in [0.29, 0.717) is 11.3 Å². The van der Waals surface area contributed by atoms with Gasteiger partial charge in [0, 0.05) is 30.3 Å². The Bertz CT molecular complexity index is 440. The molecule has 0 spiro atoms. The molecule has 1 saturated heterocycles. The summed E-state index contributed by atoms with van der Waals surface area (Å²) >= 11 is 0. The second-order valence-corrected chi connectivity index (χ2v) is 5.52. The molecule has 1 aliphatic heterocycles. The molecule has 1 aromatic carbocycles. The van der Waals surface area contributed by atoms with Crippen LogP contribution in [0.5, 0.6) is 0 Å². The van der Waals surface area contributed by atoms with Crippen LogP contribution >= 0.6 is 0 Å². The molecular formula is C14H19F2NO. The van der Waals surface area contributed by atoms with Crippen LogP contribution in [-0.2, 0) is 5.41 Å². The summed E-state index contributed by atoms with van der Waals surface area (Å²) in [7, 11) is 0. The molecule has 2 rings (SSSR count). The summed E-state index contributed by atoms with van der Waals surface area (Å²) < 4.78 is 26.9. The van der Waals surface area contributed by atoms with Crippen LogP contribution in [0.4, 0.5) is 14.5 Å². The number of anilines is 1. The van der Waals surface area contributed by atoms with Crippen LogP contribution in [0.2, 0.25) is 0 Å². The monoisotopic (exact) mass is 255 g/mol. The Hall–Kier alpha value is -1.16. The van der Waals surface area contributed by atoms with Gasteiger partial charge in [0.05, 0.1) is 6.61 Å². The zero-order chi connectivity index (χ0) is 13.3. The lowest BCUT2D eigenvalue weighted by molar-refractivity contribution is 0.218. The topological polar surface area (TPSA) is 23.5 Å². The van der Waals surface area contributed by atoms with Crippen LogP contribution in [0, 0.1) is 11.6 Å². The molecule has 1 aliphatic rings. The Morgan fingerprint density at radius 2 is 1.72 bits per heavy atom. The predicted octanol–water partition coefficient (Wildman–Crippen LogP) is 2.83. The number of nitrogens with zero attached hydrogens (tertiary/aromatic N) is 1. The molecule has 4 heteroatoms. The molecule has 100 valence electrons. The molecule has 0 atom stereocenters. The molecular weight excluding hydrogens is 236 g/mol. The number of aliphatic hydroxyl groups excluding tert-OH is 1. The van der Waals surface area contributed by atoms with Crippen LogP contribution < -0.4 is 4.90 Å². The van der Waals surface area contributed by atoms with Gasteiger partial charge in [0.1, 0.15) is 0 Å². The summed E-state index contributed by atoms with van der Waals surface area (Å²) in [4.78, 5) is 2.06. The van der Waals surface area contributed by atoms with Crippen molar-refractivity contribution in [2.75, 3.05) is 24.6 Å². The van der Waals surface area contributed by atoms with Crippen LogP contribution in [0.3, 0.4) is 0 Å². The van der Waals surface area contributed by atoms with E-state index in [1.807, 2.05) is 13.8 Å². The summed E-state index contributed by atoms with van der Waals surface area (Å²) in [5, 5.41) is 9.44. The fraction of sp³-hybridized carbons (Fsp3) is 0.571. The lowest BCUT2D eigenvalue weighted by Gasteiger charge is -2.30. The summed E-state index contributed by atoms with van der Waals surface area (Å²) in [5.74, 6) is -1.68. The maximum absolute atomic E-state index is 13.4. The molecule has 0 radical (unpaired) electrons. The molecule has 1 fully saturated rings. The van der Waals surface area contributed by atoms with Crippen molar-refractivity contribution < 1.29 is 13.9 Å². The average molecular weight is 255 g/mol. The number of hydrogen-bond donors (Lipinski definition) is 1. The zero-order valence-electron chi connectivity index (χ0n) is 10.8. The highest BCUT2D eigenvalue weighted by Crippen LogP contribution is 2.35. The first-order valence-corrected chi connectivity index (χ1v) is 6.31. The highest BCUT2D eigenvalue weighted by molar-refractivity contribution is 5.57. The van der Waals surface area contributed by atoms with E-state index in [2.05, 4.69) is 4.90 Å². The van der Waals surface area contributed by atoms with Gasteiger partial charge in [0.15, 0.2) is 11.6 Å². The van der Waals surface area contributed by atoms with E-state index in [-0.39, 0.29) is 6.61 Å². The van der Waals surface area contributed by atoms with Gasteiger partial charge in [-0.15, -0.1) is 0 Å². The molecule has 0 amide bonds. The van der Waals surface area contributed by atoms with Crippen molar-refractivity contribution in [2.24, 2.45) is 0 Å². The van der Waals surface area contributed by atoms with Gasteiger partial charge in [-0.3, -0.25) is 0 Å². The van der Waals surface area contributed by atoms with Crippen LogP contribution in [0.15, 0.2) is 12.1 Å². The summed E-state index contributed by atoms with van der Waals surface area (Å²) in [5.41, 5.74) is 0.808. The predicted molar refractivity (Wildman–Crippen MR) is 67.9 cm³/mol. The SMILES string of the molecule is CC(C)(CO)c1cc(F)c(F)cc1N1CCCC1. The van der Waals surface area contributed by atoms with Crippen molar-refractivity contribution in [2.45, 2.75) is 32.1 Å². The number of benzene rings is 1. The van der Waals surface area contributed by atoms with Gasteiger partial charge in [-0.05, 0) is 24.5 Å². The Balaban J connectivity index is 2.51. The highest BCUT2D eigenvalue weighted by atomic mass is 19.2. The van der Waals surface area contributed by atoms with Gasteiger partial charge >= 0.3 is 0 Å². The first-order chi connectivity index (χ1) is 8.45. The van der Waals surface area contributed by atoms with Gasteiger partial charge in [0.2, 0.25) is 0 Å². The maximum atomic E-state index is 13.4. The third kappa shape index (κ3) is 2.34. The van der Waals surface area contributed by atoms with Crippen molar-refractivity contribution in [1.82, 2.24) is 0 Å². The quantitative estimate of drug-likeness (QED) is 0.897. The average Bonchev–Trinajstić information content (AvgIpc) is 2.85. The second-order valence-electron chi connectivity index (χ2n) is 5.52. The largest absolute Gasteiger partial charge is 0.395 e. The Morgan fingerprint density at radius 3 is 2.28 bits per heavy atom. The van der Waals surface area contributed by atoms with Crippen molar-refractivity contribution in [3.8, 4) is 0 Å². The first kappa shape index (κ1) is 13.3. The van der Waals surface area contributed by atoms with E-state index in [0.717, 1.165) is 25.9 Å². The minimum atomic E-state index is -0.852. The highest BCUT2D eigenvalue weighted by Gasteiger charge is 2.28. The number of rotatable bonds is 3. The molecule has 0 unspecified atom stereocenters. The Kier molecular flexibility index (Phi) is 3.57. The van der Waals surface area contributed by atoms with E-state index in [4.69, 9.17) is 0 Å². The molecule has 1 heterocycles. The van der Waals surface area contributed by atoms with Crippen LogP contribution in [0.25, 0.3) is 0 Å². The molecule has 0 aliphatic carbocycles. The molecule has 18 heavy (non-hydrogen) atoms. The normalized spacial score (nSPS) is 16.4. The van der Waals surface area contributed by atoms with Crippen LogP contribution in [-0.4, -0.2) is 24.8 Å². The van der Waals surface area contributed by atoms with Crippen molar-refractivity contribution in [3.63, 3.8) is 0 Å². The fourth-order valence-corrected chi connectivity index (χ4v) is 2.38. The van der Waals surface area contributed by atoms with Gasteiger partial charge in [0.25, 0.3) is 0 Å². The third-order valence-electron chi connectivity index (χ3n) is 3.61. The number of hydrogen-bond acceptors (Lipinski definition) is 2. The Labute approximate surface area is 106 Å². The zero-order valence-corrected chi connectivity index (χ0v) is 10.8. The molecule has 0 aromatic heterocycles. The number of aliphatic hydroxyl groups is 1. The lowest BCUT2D eigenvalue weighted by Crippen LogP contribution is -2.28. The molecule has 2 nitrogen and oxygen atoms in total. The van der Waals surface area contributed by atoms with Crippen molar-refractivity contribution in [1.29, 1.82) is 0 Å². The van der Waals surface area contributed by atoms with Crippen molar-refractivity contribution in [3.05, 3.63) is 29.3 Å². The maximum Gasteiger partial charge on any atom is 0.160 e. The molecule has 1 aromatic rings. The first-order valence-electron chi connectivity index (χ1n) is 6.31. The smallest absolute Gasteiger partial charge is 0.160 e. The second kappa shape index (κ2) is 4.84. The van der Waals surface area contributed by atoms with E-state index in [1.165, 1.54) is 12.1 Å². The minimum absolute atomic E-state index is 0.0983. The number of halogens is 2. The third-order valence-corrected chi connectivity index (χ3v) is 3.61. The Morgan fingerprint density at radius 1 is 1.17 bits per heavy atom. The van der Waals surface area contributed by atoms with Gasteiger partial charge in [-0.2, -0.15) is 0 Å². The lowest BCUT2D eigenvalue weighted by atomic mass is 9.84. The van der Waals surface area contributed by atoms with E-state index in [9.17, 15) is 13.9 Å². The van der Waals surface area contributed by atoms with Crippen LogP contribution in [0.1, 0.15) is 32.3 Å². The van der Waals surface area contributed by atoms with E-state index < -0.39 is 17.0 Å². The fourth-order valence-electron chi connectivity index (χ4n) is 2.38. The summed E-state index contributed by atoms with van der Waals surface area (Å²) in [6.07, 6.45) is 2.13. The molecule has 0 saturated carbocycles. The van der Waals surface area contributed by atoms with Gasteiger partial charge in [-0.25, -0.2) is 8.78 Å². The standard InChI is InChI=1S/C14H19F2NO/c1-14(2,9-18)10-7-11(15)12(16)8-13(10)17-5-3-4-6-17/h7-8,18H,3-6,9H2,1-2H3. The summed E-state index contributed by atoms with van der Waals surface area (Å²) in [6, 6.07) is 2.48. The van der Waals surface area contributed by atoms with E-state index >= 15 is 0 Å². The van der Waals surface area contributed by atoms with Gasteiger partial charge in [-0.1, -0.05) is 13.8 Å². The summed E-state index contributed by atoms with van der Waals surface area (Å²) in [6.45, 7) is 5.29. The van der Waals surface area contributed by atoms with Crippen molar-refractivity contribution >= 4 is 5.69 Å². The molecule has 0 bridgehead atoms. The van der Waals surface area contributed by atoms with Gasteiger partial charge < -0.3 is 10.0 Å². The minimum Gasteiger partial charge on any atom is -0.395 e.